The first-order chi connectivity index (χ1) is 16.5. The number of hydrogen-bond acceptors (Lipinski definition) is 6. The van der Waals surface area contributed by atoms with Gasteiger partial charge in [-0.3, -0.25) is 4.79 Å². The third kappa shape index (κ3) is 4.78. The van der Waals surface area contributed by atoms with Crippen LogP contribution in [0.15, 0.2) is 59.4 Å². The highest BCUT2D eigenvalue weighted by atomic mass is 19.1. The summed E-state index contributed by atoms with van der Waals surface area (Å²) < 4.78 is 21.5. The van der Waals surface area contributed by atoms with Crippen LogP contribution in [-0.4, -0.2) is 38.3 Å². The van der Waals surface area contributed by atoms with Crippen LogP contribution in [0, 0.1) is 5.82 Å². The van der Waals surface area contributed by atoms with Gasteiger partial charge in [-0.25, -0.2) is 9.18 Å². The first-order valence-electron chi connectivity index (χ1n) is 11.0. The maximum Gasteiger partial charge on any atom is 0.338 e. The fourth-order valence-electron chi connectivity index (χ4n) is 3.85. The highest BCUT2D eigenvalue weighted by molar-refractivity contribution is 5.89. The van der Waals surface area contributed by atoms with Gasteiger partial charge in [-0.1, -0.05) is 49.7 Å². The number of aryl methyl sites for hydroxylation is 1. The maximum absolute atomic E-state index is 15.2. The van der Waals surface area contributed by atoms with Crippen molar-refractivity contribution in [2.75, 3.05) is 7.11 Å². The lowest BCUT2D eigenvalue weighted by molar-refractivity contribution is 0.0600. The van der Waals surface area contributed by atoms with Crippen LogP contribution in [0.25, 0.3) is 22.5 Å². The van der Waals surface area contributed by atoms with Crippen molar-refractivity contribution < 1.29 is 13.9 Å². The number of aromatic amines is 1. The molecule has 9 heteroatoms. The molecule has 2 aromatic carbocycles. The Morgan fingerprint density at radius 2 is 1.91 bits per heavy atom. The van der Waals surface area contributed by atoms with Crippen molar-refractivity contribution in [2.24, 2.45) is 0 Å². The van der Waals surface area contributed by atoms with E-state index in [1.807, 2.05) is 31.2 Å². The van der Waals surface area contributed by atoms with E-state index in [2.05, 4.69) is 20.6 Å². The zero-order chi connectivity index (χ0) is 24.1. The number of tetrazole rings is 1. The van der Waals surface area contributed by atoms with Crippen LogP contribution < -0.4 is 5.56 Å². The van der Waals surface area contributed by atoms with E-state index in [1.165, 1.54) is 23.8 Å². The molecule has 34 heavy (non-hydrogen) atoms. The summed E-state index contributed by atoms with van der Waals surface area (Å²) in [4.78, 5) is 24.8. The molecule has 2 aromatic heterocycles. The van der Waals surface area contributed by atoms with Crippen LogP contribution in [0.4, 0.5) is 4.39 Å². The van der Waals surface area contributed by atoms with E-state index in [0.717, 1.165) is 24.0 Å². The van der Waals surface area contributed by atoms with Gasteiger partial charge in [0, 0.05) is 22.9 Å². The third-order valence-electron chi connectivity index (χ3n) is 5.63. The van der Waals surface area contributed by atoms with Crippen LogP contribution in [0.1, 0.15) is 41.4 Å². The Bertz CT molecular complexity index is 1370. The summed E-state index contributed by atoms with van der Waals surface area (Å²) in [5.74, 6) is -0.596. The molecule has 0 saturated heterocycles. The summed E-state index contributed by atoms with van der Waals surface area (Å²) in [6.45, 7) is 2.09. The van der Waals surface area contributed by atoms with Crippen LogP contribution in [0.2, 0.25) is 0 Å². The molecule has 8 nitrogen and oxygen atoms in total. The Labute approximate surface area is 195 Å². The first-order valence-corrected chi connectivity index (χ1v) is 11.0. The van der Waals surface area contributed by atoms with Gasteiger partial charge in [0.2, 0.25) is 5.82 Å². The third-order valence-corrected chi connectivity index (χ3v) is 5.63. The second kappa shape index (κ2) is 10.2. The molecule has 0 aliphatic carbocycles. The number of halogens is 1. The second-order valence-corrected chi connectivity index (χ2v) is 7.84. The Morgan fingerprint density at radius 3 is 2.59 bits per heavy atom. The number of hydrogen-bond donors (Lipinski definition) is 1. The molecule has 0 aliphatic rings. The molecular formula is C25H24FN5O3. The smallest absolute Gasteiger partial charge is 0.338 e. The van der Waals surface area contributed by atoms with Crippen LogP contribution in [0.3, 0.4) is 0 Å². The average molecular weight is 461 g/mol. The summed E-state index contributed by atoms with van der Waals surface area (Å²) in [5, 5.41) is 14.1. The Morgan fingerprint density at radius 1 is 1.12 bits per heavy atom. The van der Waals surface area contributed by atoms with Gasteiger partial charge >= 0.3 is 5.97 Å². The van der Waals surface area contributed by atoms with Crippen molar-refractivity contribution in [2.45, 2.75) is 32.7 Å². The number of carbonyl (C=O) groups excluding carboxylic acids is 1. The number of rotatable bonds is 8. The zero-order valence-corrected chi connectivity index (χ0v) is 18.9. The average Bonchev–Trinajstić information content (AvgIpc) is 3.39. The van der Waals surface area contributed by atoms with Crippen molar-refractivity contribution >= 4 is 5.97 Å². The largest absolute Gasteiger partial charge is 0.465 e. The Hall–Kier alpha value is -4.14. The summed E-state index contributed by atoms with van der Waals surface area (Å²) in [7, 11) is 1.27. The monoisotopic (exact) mass is 461 g/mol. The summed E-state index contributed by atoms with van der Waals surface area (Å²) in [5.41, 5.74) is 2.99. The lowest BCUT2D eigenvalue weighted by atomic mass is 9.98. The predicted molar refractivity (Wildman–Crippen MR) is 125 cm³/mol. The predicted octanol–water partition coefficient (Wildman–Crippen LogP) is 4.01. The fourth-order valence-corrected chi connectivity index (χ4v) is 3.85. The van der Waals surface area contributed by atoms with E-state index in [-0.39, 0.29) is 17.7 Å². The van der Waals surface area contributed by atoms with Crippen LogP contribution >= 0.6 is 0 Å². The highest BCUT2D eigenvalue weighted by Crippen LogP contribution is 2.30. The summed E-state index contributed by atoms with van der Waals surface area (Å²) >= 11 is 0. The molecule has 0 bridgehead atoms. The summed E-state index contributed by atoms with van der Waals surface area (Å²) in [6.07, 6.45) is 2.34. The topological polar surface area (TPSA) is 103 Å². The number of aromatic nitrogens is 5. The molecule has 0 spiro atoms. The SMILES string of the molecule is CCCCc1cc(C(=O)OC)cc(=O)n1Cc1ccc(-c2ccccc2-c2nn[nH]n2)cc1F. The Balaban J connectivity index is 1.69. The lowest BCUT2D eigenvalue weighted by Gasteiger charge is -2.15. The fraction of sp³-hybridized carbons (Fsp3) is 0.240. The van der Waals surface area contributed by atoms with E-state index in [4.69, 9.17) is 4.74 Å². The number of pyridine rings is 1. The molecule has 0 atom stereocenters. The molecular weight excluding hydrogens is 437 g/mol. The van der Waals surface area contributed by atoms with E-state index >= 15 is 4.39 Å². The van der Waals surface area contributed by atoms with Crippen molar-refractivity contribution in [1.82, 2.24) is 25.2 Å². The second-order valence-electron chi connectivity index (χ2n) is 7.84. The first kappa shape index (κ1) is 23.0. The number of methoxy groups -OCH3 is 1. The van der Waals surface area contributed by atoms with Crippen molar-refractivity contribution in [3.8, 4) is 22.5 Å². The van der Waals surface area contributed by atoms with Gasteiger partial charge in [0.05, 0.1) is 19.2 Å². The molecule has 1 N–H and O–H groups in total. The van der Waals surface area contributed by atoms with Gasteiger partial charge in [0.1, 0.15) is 5.82 Å². The molecule has 0 saturated carbocycles. The minimum absolute atomic E-state index is 0.0535. The van der Waals surface area contributed by atoms with Crippen molar-refractivity contribution in [3.05, 3.63) is 87.6 Å². The van der Waals surface area contributed by atoms with Crippen molar-refractivity contribution in [3.63, 3.8) is 0 Å². The number of ether oxygens (including phenoxy) is 1. The van der Waals surface area contributed by atoms with Crippen molar-refractivity contribution in [1.29, 1.82) is 0 Å². The van der Waals surface area contributed by atoms with Gasteiger partial charge in [0.15, 0.2) is 0 Å². The number of carbonyl (C=O) groups is 1. The molecule has 0 unspecified atom stereocenters. The molecule has 4 rings (SSSR count). The number of unbranched alkanes of at least 4 members (excludes halogenated alkanes) is 1. The van der Waals surface area contributed by atoms with E-state index in [1.54, 1.807) is 18.2 Å². The minimum atomic E-state index is -0.571. The standard InChI is InChI=1S/C25H24FN5O3/c1-3-4-7-19-12-18(25(33)34-2)14-23(32)31(19)15-17-11-10-16(13-22(17)26)20-8-5-6-9-21(20)24-27-29-30-28-24/h5-6,8-14H,3-4,7,15H2,1-2H3,(H,27,28,29,30). The van der Waals surface area contributed by atoms with Crippen LogP contribution in [-0.2, 0) is 17.7 Å². The normalized spacial score (nSPS) is 10.9. The molecule has 0 amide bonds. The minimum Gasteiger partial charge on any atom is -0.465 e. The van der Waals surface area contributed by atoms with Gasteiger partial charge in [-0.2, -0.15) is 5.21 Å². The van der Waals surface area contributed by atoms with E-state index in [0.29, 0.717) is 29.1 Å². The van der Waals surface area contributed by atoms with E-state index in [9.17, 15) is 9.59 Å². The molecule has 0 fully saturated rings. The molecule has 2 heterocycles. The van der Waals surface area contributed by atoms with Gasteiger partial charge in [-0.05, 0) is 41.3 Å². The van der Waals surface area contributed by atoms with Crippen LogP contribution in [0.5, 0.6) is 0 Å². The molecule has 174 valence electrons. The number of nitrogens with one attached hydrogen (secondary N) is 1. The van der Waals surface area contributed by atoms with Gasteiger partial charge < -0.3 is 9.30 Å². The van der Waals surface area contributed by atoms with Gasteiger partial charge in [-0.15, -0.1) is 10.2 Å². The maximum atomic E-state index is 15.2. The molecule has 0 aliphatic heterocycles. The number of H-pyrrole nitrogens is 1. The molecule has 4 aromatic rings. The zero-order valence-electron chi connectivity index (χ0n) is 18.9. The van der Waals surface area contributed by atoms with E-state index < -0.39 is 11.8 Å². The number of esters is 1. The highest BCUT2D eigenvalue weighted by Gasteiger charge is 2.16. The number of benzene rings is 2. The lowest BCUT2D eigenvalue weighted by Crippen LogP contribution is -2.26. The number of nitrogens with zero attached hydrogens (tertiary/aromatic N) is 4. The molecule has 0 radical (unpaired) electrons. The van der Waals surface area contributed by atoms with Gasteiger partial charge in [0.25, 0.3) is 5.56 Å². The summed E-state index contributed by atoms with van der Waals surface area (Å²) in [6, 6.07) is 15.2. The Kier molecular flexibility index (Phi) is 6.91. The quantitative estimate of drug-likeness (QED) is 0.398.